The van der Waals surface area contributed by atoms with Crippen molar-refractivity contribution in [3.8, 4) is 16.3 Å². The summed E-state index contributed by atoms with van der Waals surface area (Å²) in [5.74, 6) is 1.70. The Morgan fingerprint density at radius 2 is 1.96 bits per heavy atom. The summed E-state index contributed by atoms with van der Waals surface area (Å²) in [4.78, 5) is 3.11. The smallest absolute Gasteiger partial charge is 0.235 e. The van der Waals surface area contributed by atoms with Gasteiger partial charge < -0.3 is 4.74 Å². The number of hydrogen-bond donors (Lipinski definition) is 0. The van der Waals surface area contributed by atoms with Crippen LogP contribution in [-0.4, -0.2) is 44.4 Å². The van der Waals surface area contributed by atoms with E-state index in [2.05, 4.69) is 40.6 Å². The van der Waals surface area contributed by atoms with Gasteiger partial charge in [-0.1, -0.05) is 37.8 Å². The van der Waals surface area contributed by atoms with Crippen LogP contribution in [0, 0.1) is 0 Å². The first kappa shape index (κ1) is 16.6. The maximum absolute atomic E-state index is 5.51. The molecular formula is C17H21N5OS. The Kier molecular flexibility index (Phi) is 5.22. The van der Waals surface area contributed by atoms with Gasteiger partial charge in [-0.05, 0) is 37.4 Å². The van der Waals surface area contributed by atoms with Gasteiger partial charge in [-0.2, -0.15) is 9.61 Å². The van der Waals surface area contributed by atoms with Crippen molar-refractivity contribution in [2.24, 2.45) is 0 Å². The molecule has 0 bridgehead atoms. The summed E-state index contributed by atoms with van der Waals surface area (Å²) in [6, 6.07) is 7.90. The molecule has 0 unspecified atom stereocenters. The Morgan fingerprint density at radius 1 is 1.21 bits per heavy atom. The van der Waals surface area contributed by atoms with Crippen molar-refractivity contribution in [1.29, 1.82) is 0 Å². The highest BCUT2D eigenvalue weighted by atomic mass is 32.1. The zero-order chi connectivity index (χ0) is 16.9. The van der Waals surface area contributed by atoms with Crippen LogP contribution in [0.25, 0.3) is 15.5 Å². The van der Waals surface area contributed by atoms with E-state index in [0.717, 1.165) is 46.7 Å². The van der Waals surface area contributed by atoms with Crippen molar-refractivity contribution in [3.63, 3.8) is 0 Å². The molecule has 0 aliphatic carbocycles. The van der Waals surface area contributed by atoms with Gasteiger partial charge in [-0.15, -0.1) is 10.2 Å². The molecule has 0 saturated heterocycles. The van der Waals surface area contributed by atoms with Crippen molar-refractivity contribution in [2.75, 3.05) is 19.7 Å². The van der Waals surface area contributed by atoms with E-state index < -0.39 is 0 Å². The van der Waals surface area contributed by atoms with Crippen LogP contribution in [0.4, 0.5) is 0 Å². The quantitative estimate of drug-likeness (QED) is 0.588. The molecule has 0 N–H and O–H groups in total. The molecule has 6 nitrogen and oxygen atoms in total. The van der Waals surface area contributed by atoms with E-state index in [0.29, 0.717) is 6.61 Å². The third kappa shape index (κ3) is 3.47. The highest BCUT2D eigenvalue weighted by molar-refractivity contribution is 7.19. The second-order valence-electron chi connectivity index (χ2n) is 5.30. The Hall–Kier alpha value is -2.25. The largest absolute Gasteiger partial charge is 0.490 e. The number of hydrogen-bond acceptors (Lipinski definition) is 6. The first-order valence-corrected chi connectivity index (χ1v) is 8.84. The summed E-state index contributed by atoms with van der Waals surface area (Å²) < 4.78 is 7.36. The lowest BCUT2D eigenvalue weighted by Crippen LogP contribution is -2.23. The van der Waals surface area contributed by atoms with Gasteiger partial charge in [0.2, 0.25) is 4.96 Å². The summed E-state index contributed by atoms with van der Waals surface area (Å²) in [5, 5.41) is 14.1. The van der Waals surface area contributed by atoms with Crippen LogP contribution >= 0.6 is 11.3 Å². The second-order valence-corrected chi connectivity index (χ2v) is 6.26. The van der Waals surface area contributed by atoms with E-state index in [9.17, 15) is 0 Å². The summed E-state index contributed by atoms with van der Waals surface area (Å²) in [6.07, 6.45) is 1.73. The van der Waals surface area contributed by atoms with E-state index in [-0.39, 0.29) is 0 Å². The first-order chi connectivity index (χ1) is 11.7. The number of fused-ring (bicyclic) bond motifs is 1. The molecule has 0 aliphatic rings. The molecule has 0 saturated carbocycles. The predicted molar refractivity (Wildman–Crippen MR) is 96.4 cm³/mol. The zero-order valence-corrected chi connectivity index (χ0v) is 14.8. The maximum atomic E-state index is 5.51. The molecule has 0 amide bonds. The number of ether oxygens (including phenoxy) is 1. The Balaban J connectivity index is 1.83. The number of rotatable bonds is 8. The summed E-state index contributed by atoms with van der Waals surface area (Å²) >= 11 is 1.54. The van der Waals surface area contributed by atoms with Crippen molar-refractivity contribution >= 4 is 16.3 Å². The van der Waals surface area contributed by atoms with Crippen molar-refractivity contribution in [2.45, 2.75) is 20.4 Å². The number of nitrogens with zero attached hydrogens (tertiary/aromatic N) is 5. The van der Waals surface area contributed by atoms with Crippen molar-refractivity contribution in [1.82, 2.24) is 24.7 Å². The van der Waals surface area contributed by atoms with E-state index in [4.69, 9.17) is 4.74 Å². The van der Waals surface area contributed by atoms with E-state index in [1.54, 1.807) is 6.08 Å². The number of aromatic nitrogens is 4. The Bertz CT molecular complexity index is 804. The van der Waals surface area contributed by atoms with Crippen LogP contribution in [0.5, 0.6) is 5.75 Å². The zero-order valence-electron chi connectivity index (χ0n) is 14.0. The van der Waals surface area contributed by atoms with Gasteiger partial charge in [0.25, 0.3) is 0 Å². The fraction of sp³-hybridized carbons (Fsp3) is 0.353. The average molecular weight is 343 g/mol. The van der Waals surface area contributed by atoms with Crippen LogP contribution in [-0.2, 0) is 6.54 Å². The molecule has 3 aromatic rings. The van der Waals surface area contributed by atoms with Crippen LogP contribution in [0.3, 0.4) is 0 Å². The van der Waals surface area contributed by atoms with E-state index in [1.165, 1.54) is 11.3 Å². The van der Waals surface area contributed by atoms with Gasteiger partial charge in [-0.3, -0.25) is 4.90 Å². The molecule has 0 aliphatic heterocycles. The molecule has 1 aromatic carbocycles. The molecule has 2 aromatic heterocycles. The fourth-order valence-electron chi connectivity index (χ4n) is 2.37. The highest BCUT2D eigenvalue weighted by Crippen LogP contribution is 2.27. The van der Waals surface area contributed by atoms with Gasteiger partial charge in [-0.25, -0.2) is 0 Å². The molecular weight excluding hydrogens is 322 g/mol. The molecule has 126 valence electrons. The van der Waals surface area contributed by atoms with Crippen LogP contribution in [0.1, 0.15) is 19.7 Å². The van der Waals surface area contributed by atoms with Gasteiger partial charge in [0.15, 0.2) is 5.82 Å². The monoisotopic (exact) mass is 343 g/mol. The van der Waals surface area contributed by atoms with Crippen LogP contribution in [0.2, 0.25) is 0 Å². The molecule has 0 spiro atoms. The van der Waals surface area contributed by atoms with Gasteiger partial charge >= 0.3 is 0 Å². The standard InChI is InChI=1S/C17H21N5OS/c1-4-11-23-14-9-7-13(8-10-14)16-20-22-15(12-21(5-2)6-3)18-19-17(22)24-16/h4,7-10H,1,5-6,11-12H2,2-3H3. The molecule has 7 heteroatoms. The van der Waals surface area contributed by atoms with Gasteiger partial charge in [0, 0.05) is 5.56 Å². The van der Waals surface area contributed by atoms with Crippen LogP contribution < -0.4 is 4.74 Å². The second kappa shape index (κ2) is 7.55. The number of benzene rings is 1. The van der Waals surface area contributed by atoms with Crippen LogP contribution in [0.15, 0.2) is 36.9 Å². The minimum atomic E-state index is 0.505. The Labute approximate surface area is 145 Å². The van der Waals surface area contributed by atoms with Crippen molar-refractivity contribution < 1.29 is 4.74 Å². The van der Waals surface area contributed by atoms with Gasteiger partial charge in [0.1, 0.15) is 17.4 Å². The lowest BCUT2D eigenvalue weighted by Gasteiger charge is -2.15. The normalized spacial score (nSPS) is 11.3. The summed E-state index contributed by atoms with van der Waals surface area (Å²) in [6.45, 7) is 11.2. The third-order valence-corrected chi connectivity index (χ3v) is 4.73. The maximum Gasteiger partial charge on any atom is 0.235 e. The van der Waals surface area contributed by atoms with E-state index >= 15 is 0 Å². The minimum absolute atomic E-state index is 0.505. The van der Waals surface area contributed by atoms with Gasteiger partial charge in [0.05, 0.1) is 6.54 Å². The predicted octanol–water partition coefficient (Wildman–Crippen LogP) is 3.26. The molecule has 24 heavy (non-hydrogen) atoms. The molecule has 0 radical (unpaired) electrons. The molecule has 0 fully saturated rings. The molecule has 0 atom stereocenters. The topological polar surface area (TPSA) is 55.6 Å². The average Bonchev–Trinajstić information content (AvgIpc) is 3.19. The van der Waals surface area contributed by atoms with E-state index in [1.807, 2.05) is 28.8 Å². The highest BCUT2D eigenvalue weighted by Gasteiger charge is 2.14. The third-order valence-electron chi connectivity index (χ3n) is 3.78. The molecule has 2 heterocycles. The lowest BCUT2D eigenvalue weighted by molar-refractivity contribution is 0.286. The summed E-state index contributed by atoms with van der Waals surface area (Å²) in [7, 11) is 0. The molecule has 3 rings (SSSR count). The first-order valence-electron chi connectivity index (χ1n) is 8.02. The lowest BCUT2D eigenvalue weighted by atomic mass is 10.2. The fourth-order valence-corrected chi connectivity index (χ4v) is 3.23. The van der Waals surface area contributed by atoms with Crippen molar-refractivity contribution in [3.05, 3.63) is 42.7 Å². The SMILES string of the molecule is C=CCOc1ccc(-c2nn3c(CN(CC)CC)nnc3s2)cc1. The minimum Gasteiger partial charge on any atom is -0.490 e. The Morgan fingerprint density at radius 3 is 2.62 bits per heavy atom. The summed E-state index contributed by atoms with van der Waals surface area (Å²) in [5.41, 5.74) is 1.05.